The smallest absolute Gasteiger partial charge is 0.262 e. The zero-order chi connectivity index (χ0) is 20.6. The first-order valence-electron chi connectivity index (χ1n) is 8.31. The lowest BCUT2D eigenvalue weighted by atomic mass is 10.2. The van der Waals surface area contributed by atoms with Gasteiger partial charge in [-0.1, -0.05) is 4.89 Å². The third-order valence-corrected chi connectivity index (χ3v) is 4.75. The second kappa shape index (κ2) is 9.83. The minimum atomic E-state index is -3.78. The highest BCUT2D eigenvalue weighted by molar-refractivity contribution is 7.89. The third-order valence-electron chi connectivity index (χ3n) is 3.48. The van der Waals surface area contributed by atoms with E-state index in [4.69, 9.17) is 4.74 Å². The Kier molecular flexibility index (Phi) is 7.50. The van der Waals surface area contributed by atoms with E-state index in [1.54, 1.807) is 24.3 Å². The van der Waals surface area contributed by atoms with Crippen molar-refractivity contribution >= 4 is 27.5 Å². The van der Waals surface area contributed by atoms with Gasteiger partial charge in [0.2, 0.25) is 0 Å². The monoisotopic (exact) mass is 407 g/mol. The van der Waals surface area contributed by atoms with Gasteiger partial charge >= 0.3 is 0 Å². The number of hydrogen-bond acceptors (Lipinski definition) is 6. The molecule has 3 N–H and O–H groups in total. The van der Waals surface area contributed by atoms with E-state index in [0.29, 0.717) is 18.0 Å². The SMILES string of the molecule is CCNC(=O)COc1ccc(NC(=O)c2ccc(S(=O)(=O)NOC)cc2)cc1. The third kappa shape index (κ3) is 6.05. The summed E-state index contributed by atoms with van der Waals surface area (Å²) >= 11 is 0. The van der Waals surface area contributed by atoms with E-state index in [9.17, 15) is 18.0 Å². The van der Waals surface area contributed by atoms with E-state index < -0.39 is 15.9 Å². The molecule has 2 rings (SSSR count). The van der Waals surface area contributed by atoms with Crippen LogP contribution in [0.25, 0.3) is 0 Å². The lowest BCUT2D eigenvalue weighted by molar-refractivity contribution is -0.122. The Morgan fingerprint density at radius 3 is 2.21 bits per heavy atom. The minimum absolute atomic E-state index is 0.0282. The van der Waals surface area contributed by atoms with Crippen molar-refractivity contribution in [3.05, 3.63) is 54.1 Å². The van der Waals surface area contributed by atoms with Crippen LogP contribution in [0.4, 0.5) is 5.69 Å². The van der Waals surface area contributed by atoms with Crippen molar-refractivity contribution in [2.24, 2.45) is 0 Å². The number of nitrogens with one attached hydrogen (secondary N) is 3. The molecule has 9 nitrogen and oxygen atoms in total. The zero-order valence-electron chi connectivity index (χ0n) is 15.4. The molecular weight excluding hydrogens is 386 g/mol. The summed E-state index contributed by atoms with van der Waals surface area (Å²) in [6, 6.07) is 11.9. The van der Waals surface area contributed by atoms with Gasteiger partial charge in [-0.05, 0) is 55.5 Å². The summed E-state index contributed by atoms with van der Waals surface area (Å²) in [4.78, 5) is 29.9. The van der Waals surface area contributed by atoms with Gasteiger partial charge in [0, 0.05) is 17.8 Å². The van der Waals surface area contributed by atoms with Gasteiger partial charge in [-0.25, -0.2) is 8.42 Å². The molecule has 2 aromatic carbocycles. The number of amides is 2. The number of hydrogen-bond donors (Lipinski definition) is 3. The molecule has 0 fully saturated rings. The van der Waals surface area contributed by atoms with Gasteiger partial charge in [-0.2, -0.15) is 0 Å². The largest absolute Gasteiger partial charge is 0.484 e. The summed E-state index contributed by atoms with van der Waals surface area (Å²) in [6.07, 6.45) is 0. The van der Waals surface area contributed by atoms with Gasteiger partial charge < -0.3 is 15.4 Å². The van der Waals surface area contributed by atoms with Crippen LogP contribution in [-0.2, 0) is 19.7 Å². The summed E-state index contributed by atoms with van der Waals surface area (Å²) in [7, 11) is -2.59. The molecule has 10 heteroatoms. The fourth-order valence-corrected chi connectivity index (χ4v) is 2.99. The van der Waals surface area contributed by atoms with Crippen molar-refractivity contribution < 1.29 is 27.6 Å². The summed E-state index contributed by atoms with van der Waals surface area (Å²) in [5.74, 6) is -0.130. The van der Waals surface area contributed by atoms with Gasteiger partial charge in [0.25, 0.3) is 21.8 Å². The topological polar surface area (TPSA) is 123 Å². The maximum Gasteiger partial charge on any atom is 0.262 e. The Balaban J connectivity index is 1.96. The van der Waals surface area contributed by atoms with Crippen molar-refractivity contribution in [3.63, 3.8) is 0 Å². The molecule has 0 aliphatic heterocycles. The van der Waals surface area contributed by atoms with Crippen molar-refractivity contribution in [1.29, 1.82) is 0 Å². The Bertz CT molecular complexity index is 911. The van der Waals surface area contributed by atoms with Crippen LogP contribution in [0.3, 0.4) is 0 Å². The molecule has 0 saturated heterocycles. The Hall–Kier alpha value is -2.95. The first kappa shape index (κ1) is 21.4. The molecule has 0 atom stereocenters. The molecule has 0 radical (unpaired) electrons. The van der Waals surface area contributed by atoms with Gasteiger partial charge in [0.05, 0.1) is 12.0 Å². The molecule has 0 aliphatic carbocycles. The van der Waals surface area contributed by atoms with Crippen LogP contribution in [0.5, 0.6) is 5.75 Å². The average Bonchev–Trinajstić information content (AvgIpc) is 2.68. The Labute approximate surface area is 163 Å². The van der Waals surface area contributed by atoms with Gasteiger partial charge in [-0.3, -0.25) is 14.4 Å². The number of rotatable bonds is 9. The standard InChI is InChI=1S/C18H21N3O6S/c1-3-19-17(22)12-27-15-8-6-14(7-9-15)20-18(23)13-4-10-16(11-5-13)28(24,25)21-26-2/h4-11,21H,3,12H2,1-2H3,(H,19,22)(H,20,23). The number of ether oxygens (including phenoxy) is 1. The molecule has 28 heavy (non-hydrogen) atoms. The fraction of sp³-hybridized carbons (Fsp3) is 0.222. The molecule has 2 aromatic rings. The van der Waals surface area contributed by atoms with Gasteiger partial charge in [-0.15, -0.1) is 0 Å². The lowest BCUT2D eigenvalue weighted by Gasteiger charge is -2.09. The molecule has 0 heterocycles. The minimum Gasteiger partial charge on any atom is -0.484 e. The molecule has 0 aliphatic rings. The van der Waals surface area contributed by atoms with Gasteiger partial charge in [0.1, 0.15) is 5.75 Å². The van der Waals surface area contributed by atoms with Crippen LogP contribution in [0.15, 0.2) is 53.4 Å². The molecular formula is C18H21N3O6S. The number of sulfonamides is 1. The van der Waals surface area contributed by atoms with E-state index >= 15 is 0 Å². The number of benzene rings is 2. The van der Waals surface area contributed by atoms with Gasteiger partial charge in [0.15, 0.2) is 6.61 Å². The second-order valence-corrected chi connectivity index (χ2v) is 7.18. The van der Waals surface area contributed by atoms with Crippen LogP contribution in [0.2, 0.25) is 0 Å². The summed E-state index contributed by atoms with van der Waals surface area (Å²) in [5.41, 5.74) is 0.807. The molecule has 2 amide bonds. The van der Waals surface area contributed by atoms with E-state index in [1.807, 2.05) is 11.8 Å². The van der Waals surface area contributed by atoms with Crippen molar-refractivity contribution in [3.8, 4) is 5.75 Å². The normalized spacial score (nSPS) is 10.9. The number of likely N-dealkylation sites (N-methyl/N-ethyl adjacent to an activating group) is 1. The van der Waals surface area contributed by atoms with Crippen molar-refractivity contribution in [1.82, 2.24) is 10.2 Å². The number of carbonyl (C=O) groups excluding carboxylic acids is 2. The quantitative estimate of drug-likeness (QED) is 0.539. The van der Waals surface area contributed by atoms with Crippen LogP contribution in [0.1, 0.15) is 17.3 Å². The first-order chi connectivity index (χ1) is 13.4. The second-order valence-electron chi connectivity index (χ2n) is 5.54. The number of carbonyl (C=O) groups is 2. The van der Waals surface area contributed by atoms with E-state index in [1.165, 1.54) is 31.4 Å². The summed E-state index contributed by atoms with van der Waals surface area (Å²) in [5, 5.41) is 5.31. The Morgan fingerprint density at radius 1 is 1.00 bits per heavy atom. The first-order valence-corrected chi connectivity index (χ1v) is 9.80. The summed E-state index contributed by atoms with van der Waals surface area (Å²) < 4.78 is 28.9. The van der Waals surface area contributed by atoms with Crippen LogP contribution in [-0.4, -0.2) is 40.5 Å². The molecule has 150 valence electrons. The lowest BCUT2D eigenvalue weighted by Crippen LogP contribution is -2.28. The van der Waals surface area contributed by atoms with E-state index in [-0.39, 0.29) is 23.0 Å². The van der Waals surface area contributed by atoms with Crippen molar-refractivity contribution in [2.45, 2.75) is 11.8 Å². The van der Waals surface area contributed by atoms with Crippen molar-refractivity contribution in [2.75, 3.05) is 25.6 Å². The maximum atomic E-state index is 12.3. The van der Waals surface area contributed by atoms with Crippen LogP contribution in [0, 0.1) is 0 Å². The maximum absolute atomic E-state index is 12.3. The van der Waals surface area contributed by atoms with E-state index in [0.717, 1.165) is 0 Å². The van der Waals surface area contributed by atoms with Crippen LogP contribution < -0.4 is 20.3 Å². The molecule has 0 bridgehead atoms. The fourth-order valence-electron chi connectivity index (χ4n) is 2.18. The zero-order valence-corrected chi connectivity index (χ0v) is 16.2. The predicted octanol–water partition coefficient (Wildman–Crippen LogP) is 1.29. The van der Waals surface area contributed by atoms with Crippen LogP contribution >= 0.6 is 0 Å². The predicted molar refractivity (Wildman–Crippen MR) is 102 cm³/mol. The molecule has 0 spiro atoms. The molecule has 0 saturated carbocycles. The average molecular weight is 407 g/mol. The summed E-state index contributed by atoms with van der Waals surface area (Å²) in [6.45, 7) is 2.26. The highest BCUT2D eigenvalue weighted by Gasteiger charge is 2.14. The highest BCUT2D eigenvalue weighted by atomic mass is 32.2. The highest BCUT2D eigenvalue weighted by Crippen LogP contribution is 2.17. The molecule has 0 aromatic heterocycles. The molecule has 0 unspecified atom stereocenters. The van der Waals surface area contributed by atoms with E-state index in [2.05, 4.69) is 15.5 Å². The number of anilines is 1. The Morgan fingerprint density at radius 2 is 1.64 bits per heavy atom.